The van der Waals surface area contributed by atoms with Crippen molar-refractivity contribution in [3.63, 3.8) is 0 Å². The molecule has 2 rings (SSSR count). The van der Waals surface area contributed by atoms with Crippen molar-refractivity contribution in [2.45, 2.75) is 45.7 Å². The van der Waals surface area contributed by atoms with Gasteiger partial charge in [-0.3, -0.25) is 14.6 Å². The molecule has 114 valence electrons. The molecule has 1 aliphatic rings. The standard InChI is InChI=1S/C16H23N3O2/c1-4-11(2)14-16(21)19(12(3)15(20)18-14)10-7-13-5-8-17-9-6-13/h5-6,8-9,11-12,14H,4,7,10H2,1-3H3,(H,18,20). The van der Waals surface area contributed by atoms with E-state index in [0.717, 1.165) is 18.4 Å². The zero-order chi connectivity index (χ0) is 15.4. The van der Waals surface area contributed by atoms with Crippen molar-refractivity contribution < 1.29 is 9.59 Å². The maximum absolute atomic E-state index is 12.6. The number of carbonyl (C=O) groups excluding carboxylic acids is 2. The van der Waals surface area contributed by atoms with Gasteiger partial charge in [-0.2, -0.15) is 0 Å². The Kier molecular flexibility index (Phi) is 4.94. The third kappa shape index (κ3) is 3.40. The van der Waals surface area contributed by atoms with E-state index in [2.05, 4.69) is 10.3 Å². The smallest absolute Gasteiger partial charge is 0.246 e. The van der Waals surface area contributed by atoms with Crippen molar-refractivity contribution in [3.8, 4) is 0 Å². The summed E-state index contributed by atoms with van der Waals surface area (Å²) in [5, 5.41) is 2.85. The Morgan fingerprint density at radius 3 is 2.62 bits per heavy atom. The van der Waals surface area contributed by atoms with Gasteiger partial charge in [-0.1, -0.05) is 20.3 Å². The van der Waals surface area contributed by atoms with E-state index in [1.807, 2.05) is 26.0 Å². The predicted octanol–water partition coefficient (Wildman–Crippen LogP) is 1.39. The molecule has 0 spiro atoms. The van der Waals surface area contributed by atoms with Gasteiger partial charge in [0.1, 0.15) is 12.1 Å². The van der Waals surface area contributed by atoms with Crippen LogP contribution in [0.5, 0.6) is 0 Å². The van der Waals surface area contributed by atoms with Crippen LogP contribution in [0.4, 0.5) is 0 Å². The molecule has 1 aromatic rings. The number of hydrogen-bond acceptors (Lipinski definition) is 3. The molecule has 0 aromatic carbocycles. The number of hydrogen-bond donors (Lipinski definition) is 1. The molecule has 21 heavy (non-hydrogen) atoms. The summed E-state index contributed by atoms with van der Waals surface area (Å²) in [5.41, 5.74) is 1.12. The fourth-order valence-electron chi connectivity index (χ4n) is 2.57. The molecule has 1 saturated heterocycles. The lowest BCUT2D eigenvalue weighted by atomic mass is 9.94. The zero-order valence-electron chi connectivity index (χ0n) is 12.9. The highest BCUT2D eigenvalue weighted by Gasteiger charge is 2.39. The monoisotopic (exact) mass is 289 g/mol. The lowest BCUT2D eigenvalue weighted by Crippen LogP contribution is -2.64. The normalized spacial score (nSPS) is 23.9. The van der Waals surface area contributed by atoms with E-state index in [1.165, 1.54) is 0 Å². The molecule has 1 fully saturated rings. The van der Waals surface area contributed by atoms with Crippen LogP contribution in [0, 0.1) is 5.92 Å². The van der Waals surface area contributed by atoms with Crippen LogP contribution in [0.2, 0.25) is 0 Å². The van der Waals surface area contributed by atoms with E-state index >= 15 is 0 Å². The molecule has 5 nitrogen and oxygen atoms in total. The highest BCUT2D eigenvalue weighted by molar-refractivity contribution is 5.96. The van der Waals surface area contributed by atoms with Crippen molar-refractivity contribution in [3.05, 3.63) is 30.1 Å². The molecular formula is C16H23N3O2. The van der Waals surface area contributed by atoms with Crippen LogP contribution in [-0.2, 0) is 16.0 Å². The third-order valence-corrected chi connectivity index (χ3v) is 4.30. The first kappa shape index (κ1) is 15.5. The topological polar surface area (TPSA) is 62.3 Å². The predicted molar refractivity (Wildman–Crippen MR) is 80.5 cm³/mol. The van der Waals surface area contributed by atoms with Gasteiger partial charge in [0.15, 0.2) is 0 Å². The highest BCUT2D eigenvalue weighted by Crippen LogP contribution is 2.18. The molecule has 0 radical (unpaired) electrons. The van der Waals surface area contributed by atoms with Gasteiger partial charge < -0.3 is 10.2 Å². The molecule has 1 aliphatic heterocycles. The summed E-state index contributed by atoms with van der Waals surface area (Å²) in [4.78, 5) is 30.4. The highest BCUT2D eigenvalue weighted by atomic mass is 16.2. The van der Waals surface area contributed by atoms with E-state index in [1.54, 1.807) is 24.2 Å². The zero-order valence-corrected chi connectivity index (χ0v) is 12.9. The van der Waals surface area contributed by atoms with E-state index in [0.29, 0.717) is 6.54 Å². The van der Waals surface area contributed by atoms with Crippen molar-refractivity contribution in [1.82, 2.24) is 15.2 Å². The summed E-state index contributed by atoms with van der Waals surface area (Å²) in [6, 6.07) is 3.08. The summed E-state index contributed by atoms with van der Waals surface area (Å²) in [6.07, 6.45) is 5.08. The van der Waals surface area contributed by atoms with Crippen molar-refractivity contribution >= 4 is 11.8 Å². The minimum absolute atomic E-state index is 0.0329. The summed E-state index contributed by atoms with van der Waals surface area (Å²) in [6.45, 7) is 6.38. The number of rotatable bonds is 5. The Balaban J connectivity index is 2.08. The van der Waals surface area contributed by atoms with Gasteiger partial charge in [-0.15, -0.1) is 0 Å². The number of nitrogens with one attached hydrogen (secondary N) is 1. The average Bonchev–Trinajstić information content (AvgIpc) is 2.51. The van der Waals surface area contributed by atoms with Gasteiger partial charge >= 0.3 is 0 Å². The molecule has 5 heteroatoms. The van der Waals surface area contributed by atoms with Crippen LogP contribution < -0.4 is 5.32 Å². The summed E-state index contributed by atoms with van der Waals surface area (Å²) < 4.78 is 0. The maximum atomic E-state index is 12.6. The van der Waals surface area contributed by atoms with Crippen LogP contribution in [0.3, 0.4) is 0 Å². The van der Waals surface area contributed by atoms with Gasteiger partial charge in [-0.25, -0.2) is 0 Å². The lowest BCUT2D eigenvalue weighted by molar-refractivity contribution is -0.150. The Hall–Kier alpha value is -1.91. The van der Waals surface area contributed by atoms with Crippen molar-refractivity contribution in [2.24, 2.45) is 5.92 Å². The molecule has 1 N–H and O–H groups in total. The molecule has 2 heterocycles. The second-order valence-corrected chi connectivity index (χ2v) is 5.68. The minimum atomic E-state index is -0.403. The van der Waals surface area contributed by atoms with Crippen LogP contribution in [0.1, 0.15) is 32.8 Å². The molecule has 3 unspecified atom stereocenters. The van der Waals surface area contributed by atoms with Crippen LogP contribution in [-0.4, -0.2) is 40.3 Å². The molecule has 0 bridgehead atoms. The molecule has 2 amide bonds. The molecule has 0 aliphatic carbocycles. The fourth-order valence-corrected chi connectivity index (χ4v) is 2.57. The lowest BCUT2D eigenvalue weighted by Gasteiger charge is -2.39. The van der Waals surface area contributed by atoms with Crippen molar-refractivity contribution in [2.75, 3.05) is 6.54 Å². The van der Waals surface area contributed by atoms with Crippen LogP contribution >= 0.6 is 0 Å². The average molecular weight is 289 g/mol. The van der Waals surface area contributed by atoms with E-state index in [4.69, 9.17) is 0 Å². The van der Waals surface area contributed by atoms with Gasteiger partial charge in [0, 0.05) is 18.9 Å². The van der Waals surface area contributed by atoms with Gasteiger partial charge in [-0.05, 0) is 37.0 Å². The minimum Gasteiger partial charge on any atom is -0.342 e. The quantitative estimate of drug-likeness (QED) is 0.891. The third-order valence-electron chi connectivity index (χ3n) is 4.30. The fraction of sp³-hybridized carbons (Fsp3) is 0.562. The Morgan fingerprint density at radius 1 is 1.33 bits per heavy atom. The summed E-state index contributed by atoms with van der Waals surface area (Å²) in [5.74, 6) is 0.123. The van der Waals surface area contributed by atoms with Gasteiger partial charge in [0.05, 0.1) is 0 Å². The van der Waals surface area contributed by atoms with E-state index < -0.39 is 12.1 Å². The molecular weight excluding hydrogens is 266 g/mol. The number of amides is 2. The first-order chi connectivity index (χ1) is 10.0. The van der Waals surface area contributed by atoms with Crippen molar-refractivity contribution in [1.29, 1.82) is 0 Å². The number of nitrogens with zero attached hydrogens (tertiary/aromatic N) is 2. The Bertz CT molecular complexity index is 504. The molecule has 1 aromatic heterocycles. The van der Waals surface area contributed by atoms with Gasteiger partial charge in [0.2, 0.25) is 11.8 Å². The molecule has 0 saturated carbocycles. The van der Waals surface area contributed by atoms with Gasteiger partial charge in [0.25, 0.3) is 0 Å². The largest absolute Gasteiger partial charge is 0.342 e. The molecule has 3 atom stereocenters. The second kappa shape index (κ2) is 6.70. The van der Waals surface area contributed by atoms with Crippen LogP contribution in [0.15, 0.2) is 24.5 Å². The number of piperazine rings is 1. The first-order valence-corrected chi connectivity index (χ1v) is 7.54. The van der Waals surface area contributed by atoms with E-state index in [-0.39, 0.29) is 17.7 Å². The summed E-state index contributed by atoms with van der Waals surface area (Å²) >= 11 is 0. The Morgan fingerprint density at radius 2 is 2.00 bits per heavy atom. The number of pyridine rings is 1. The SMILES string of the molecule is CCC(C)C1NC(=O)C(C)N(CCc2ccncc2)C1=O. The first-order valence-electron chi connectivity index (χ1n) is 7.54. The van der Waals surface area contributed by atoms with Crippen LogP contribution in [0.25, 0.3) is 0 Å². The second-order valence-electron chi connectivity index (χ2n) is 5.68. The number of aromatic nitrogens is 1. The maximum Gasteiger partial charge on any atom is 0.246 e. The Labute approximate surface area is 125 Å². The summed E-state index contributed by atoms with van der Waals surface area (Å²) in [7, 11) is 0. The van der Waals surface area contributed by atoms with E-state index in [9.17, 15) is 9.59 Å². The number of carbonyl (C=O) groups is 2.